The van der Waals surface area contributed by atoms with Crippen molar-refractivity contribution >= 4 is 11.8 Å². The maximum Gasteiger partial charge on any atom is 0.261 e. The van der Waals surface area contributed by atoms with E-state index < -0.39 is 6.04 Å². The van der Waals surface area contributed by atoms with E-state index in [9.17, 15) is 9.59 Å². The SMILES string of the molecule is CCCNC(=O)C(CC)N(Cc1ccccc1C)C(=O)COc1ccccc1OC. The highest BCUT2D eigenvalue weighted by atomic mass is 16.5. The molecule has 0 saturated carbocycles. The zero-order chi connectivity index (χ0) is 21.9. The lowest BCUT2D eigenvalue weighted by Gasteiger charge is -2.31. The van der Waals surface area contributed by atoms with Crippen LogP contribution in [-0.4, -0.2) is 43.0 Å². The van der Waals surface area contributed by atoms with Crippen LogP contribution in [0.1, 0.15) is 37.8 Å². The zero-order valence-corrected chi connectivity index (χ0v) is 18.3. The first-order chi connectivity index (χ1) is 14.5. The van der Waals surface area contributed by atoms with Crippen LogP contribution in [0.25, 0.3) is 0 Å². The van der Waals surface area contributed by atoms with Crippen molar-refractivity contribution in [1.82, 2.24) is 10.2 Å². The minimum Gasteiger partial charge on any atom is -0.493 e. The topological polar surface area (TPSA) is 67.9 Å². The largest absolute Gasteiger partial charge is 0.493 e. The number of nitrogens with one attached hydrogen (secondary N) is 1. The molecule has 2 rings (SSSR count). The molecule has 30 heavy (non-hydrogen) atoms. The maximum atomic E-state index is 13.2. The number of amides is 2. The second-order valence-corrected chi connectivity index (χ2v) is 7.10. The van der Waals surface area contributed by atoms with E-state index in [4.69, 9.17) is 9.47 Å². The Labute approximate surface area is 179 Å². The molecule has 0 bridgehead atoms. The number of hydrogen-bond donors (Lipinski definition) is 1. The lowest BCUT2D eigenvalue weighted by atomic mass is 10.1. The number of ether oxygens (including phenoxy) is 2. The maximum absolute atomic E-state index is 13.2. The van der Waals surface area contributed by atoms with Crippen molar-refractivity contribution in [3.8, 4) is 11.5 Å². The molecule has 2 aromatic carbocycles. The van der Waals surface area contributed by atoms with Gasteiger partial charge in [0.25, 0.3) is 5.91 Å². The van der Waals surface area contributed by atoms with Gasteiger partial charge in [-0.2, -0.15) is 0 Å². The van der Waals surface area contributed by atoms with E-state index in [1.807, 2.05) is 57.2 Å². The standard InChI is InChI=1S/C24H32N2O4/c1-5-15-25-24(28)20(6-2)26(16-19-12-8-7-11-18(19)3)23(27)17-30-22-14-10-9-13-21(22)29-4/h7-14,20H,5-6,15-17H2,1-4H3,(H,25,28). The highest BCUT2D eigenvalue weighted by molar-refractivity contribution is 5.88. The Morgan fingerprint density at radius 2 is 1.70 bits per heavy atom. The highest BCUT2D eigenvalue weighted by Crippen LogP contribution is 2.26. The van der Waals surface area contributed by atoms with Gasteiger partial charge in [-0.25, -0.2) is 0 Å². The molecule has 0 radical (unpaired) electrons. The first kappa shape index (κ1) is 23.3. The summed E-state index contributed by atoms with van der Waals surface area (Å²) in [6, 6.07) is 14.5. The molecule has 6 nitrogen and oxygen atoms in total. The van der Waals surface area contributed by atoms with Gasteiger partial charge in [0.1, 0.15) is 6.04 Å². The Bertz CT molecular complexity index is 837. The highest BCUT2D eigenvalue weighted by Gasteiger charge is 2.29. The van der Waals surface area contributed by atoms with Crippen molar-refractivity contribution < 1.29 is 19.1 Å². The normalized spacial score (nSPS) is 11.5. The van der Waals surface area contributed by atoms with Gasteiger partial charge < -0.3 is 19.7 Å². The van der Waals surface area contributed by atoms with Crippen LogP contribution in [0.5, 0.6) is 11.5 Å². The second kappa shape index (κ2) is 11.9. The van der Waals surface area contributed by atoms with Gasteiger partial charge in [-0.15, -0.1) is 0 Å². The summed E-state index contributed by atoms with van der Waals surface area (Å²) in [4.78, 5) is 27.6. The van der Waals surface area contributed by atoms with Crippen LogP contribution in [0, 0.1) is 6.92 Å². The van der Waals surface area contributed by atoms with Gasteiger partial charge >= 0.3 is 0 Å². The number of carbonyl (C=O) groups excluding carboxylic acids is 2. The molecule has 0 spiro atoms. The number of hydrogen-bond acceptors (Lipinski definition) is 4. The molecular weight excluding hydrogens is 380 g/mol. The molecule has 0 fully saturated rings. The average molecular weight is 413 g/mol. The van der Waals surface area contributed by atoms with Crippen LogP contribution >= 0.6 is 0 Å². The smallest absolute Gasteiger partial charge is 0.261 e. The quantitative estimate of drug-likeness (QED) is 0.611. The molecule has 0 aromatic heterocycles. The third-order valence-corrected chi connectivity index (χ3v) is 4.96. The summed E-state index contributed by atoms with van der Waals surface area (Å²) in [7, 11) is 1.56. The molecule has 0 heterocycles. The number of nitrogens with zero attached hydrogens (tertiary/aromatic N) is 1. The Morgan fingerprint density at radius 3 is 2.33 bits per heavy atom. The van der Waals surface area contributed by atoms with Crippen molar-refractivity contribution in [2.75, 3.05) is 20.3 Å². The molecule has 6 heteroatoms. The predicted octanol–water partition coefficient (Wildman–Crippen LogP) is 3.72. The first-order valence-corrected chi connectivity index (χ1v) is 10.4. The Hall–Kier alpha value is -3.02. The van der Waals surface area contributed by atoms with E-state index in [2.05, 4.69) is 5.32 Å². The van der Waals surface area contributed by atoms with Gasteiger partial charge in [-0.05, 0) is 43.0 Å². The number of benzene rings is 2. The number of aryl methyl sites for hydroxylation is 1. The van der Waals surface area contributed by atoms with Crippen LogP contribution in [0.4, 0.5) is 0 Å². The molecule has 1 N–H and O–H groups in total. The lowest BCUT2D eigenvalue weighted by Crippen LogP contribution is -2.50. The number of methoxy groups -OCH3 is 1. The summed E-state index contributed by atoms with van der Waals surface area (Å²) in [5.74, 6) is 0.664. The fourth-order valence-electron chi connectivity index (χ4n) is 3.22. The van der Waals surface area contributed by atoms with Crippen molar-refractivity contribution in [3.05, 3.63) is 59.7 Å². The van der Waals surface area contributed by atoms with Crippen molar-refractivity contribution in [3.63, 3.8) is 0 Å². The predicted molar refractivity (Wildman–Crippen MR) is 118 cm³/mol. The number of para-hydroxylation sites is 2. The zero-order valence-electron chi connectivity index (χ0n) is 18.3. The fourth-order valence-corrected chi connectivity index (χ4v) is 3.22. The van der Waals surface area contributed by atoms with E-state index in [0.717, 1.165) is 17.5 Å². The summed E-state index contributed by atoms with van der Waals surface area (Å²) in [5.41, 5.74) is 2.08. The molecule has 0 saturated heterocycles. The van der Waals surface area contributed by atoms with Gasteiger partial charge in [-0.1, -0.05) is 50.2 Å². The minimum atomic E-state index is -0.565. The van der Waals surface area contributed by atoms with E-state index in [-0.39, 0.29) is 18.4 Å². The lowest BCUT2D eigenvalue weighted by molar-refractivity contribution is -0.143. The molecule has 1 atom stereocenters. The number of carbonyl (C=O) groups is 2. The Balaban J connectivity index is 2.23. The first-order valence-electron chi connectivity index (χ1n) is 10.4. The van der Waals surface area contributed by atoms with Crippen molar-refractivity contribution in [1.29, 1.82) is 0 Å². The molecule has 162 valence electrons. The summed E-state index contributed by atoms with van der Waals surface area (Å²) >= 11 is 0. The Morgan fingerprint density at radius 1 is 1.03 bits per heavy atom. The fraction of sp³-hybridized carbons (Fsp3) is 0.417. The van der Waals surface area contributed by atoms with Gasteiger partial charge in [0.15, 0.2) is 18.1 Å². The van der Waals surface area contributed by atoms with E-state index in [1.165, 1.54) is 0 Å². The monoisotopic (exact) mass is 412 g/mol. The van der Waals surface area contributed by atoms with Crippen molar-refractivity contribution in [2.24, 2.45) is 0 Å². The summed E-state index contributed by atoms with van der Waals surface area (Å²) < 4.78 is 11.0. The molecule has 2 aromatic rings. The Kier molecular flexibility index (Phi) is 9.19. The van der Waals surface area contributed by atoms with Crippen LogP contribution in [0.2, 0.25) is 0 Å². The molecular formula is C24H32N2O4. The van der Waals surface area contributed by atoms with Crippen LogP contribution in [0.3, 0.4) is 0 Å². The molecule has 2 amide bonds. The third-order valence-electron chi connectivity index (χ3n) is 4.96. The van der Waals surface area contributed by atoms with E-state index in [1.54, 1.807) is 24.1 Å². The van der Waals surface area contributed by atoms with E-state index >= 15 is 0 Å². The second-order valence-electron chi connectivity index (χ2n) is 7.10. The van der Waals surface area contributed by atoms with Gasteiger partial charge in [0.2, 0.25) is 5.91 Å². The van der Waals surface area contributed by atoms with E-state index in [0.29, 0.717) is 31.0 Å². The number of rotatable bonds is 11. The van der Waals surface area contributed by atoms with Gasteiger partial charge in [0, 0.05) is 13.1 Å². The summed E-state index contributed by atoms with van der Waals surface area (Å²) in [5, 5.41) is 2.92. The third kappa shape index (κ3) is 6.24. The van der Waals surface area contributed by atoms with Gasteiger partial charge in [0.05, 0.1) is 7.11 Å². The van der Waals surface area contributed by atoms with Crippen LogP contribution in [0.15, 0.2) is 48.5 Å². The summed E-state index contributed by atoms with van der Waals surface area (Å²) in [6.07, 6.45) is 1.35. The summed E-state index contributed by atoms with van der Waals surface area (Å²) in [6.45, 7) is 6.66. The van der Waals surface area contributed by atoms with Crippen molar-refractivity contribution in [2.45, 2.75) is 46.2 Å². The average Bonchev–Trinajstić information content (AvgIpc) is 2.77. The molecule has 0 aliphatic heterocycles. The van der Waals surface area contributed by atoms with Crippen LogP contribution < -0.4 is 14.8 Å². The molecule has 1 unspecified atom stereocenters. The minimum absolute atomic E-state index is 0.140. The molecule has 0 aliphatic rings. The molecule has 0 aliphatic carbocycles. The van der Waals surface area contributed by atoms with Gasteiger partial charge in [-0.3, -0.25) is 9.59 Å². The van der Waals surface area contributed by atoms with Crippen LogP contribution in [-0.2, 0) is 16.1 Å².